The lowest BCUT2D eigenvalue weighted by atomic mass is 9.90. The zero-order valence-electron chi connectivity index (χ0n) is 19.7. The number of aromatic nitrogens is 2. The van der Waals surface area contributed by atoms with E-state index in [9.17, 15) is 4.79 Å². The van der Waals surface area contributed by atoms with Gasteiger partial charge in [0, 0.05) is 61.5 Å². The Morgan fingerprint density at radius 2 is 1.91 bits per heavy atom. The van der Waals surface area contributed by atoms with Crippen LogP contribution in [-0.4, -0.2) is 52.5 Å². The summed E-state index contributed by atoms with van der Waals surface area (Å²) in [6.07, 6.45) is 6.05. The van der Waals surface area contributed by atoms with Gasteiger partial charge in [-0.1, -0.05) is 18.2 Å². The largest absolute Gasteiger partial charge is 0.347 e. The van der Waals surface area contributed by atoms with Crippen molar-refractivity contribution in [2.45, 2.75) is 50.7 Å². The summed E-state index contributed by atoms with van der Waals surface area (Å²) in [5.74, 6) is 1.11. The first-order chi connectivity index (χ1) is 16.5. The highest BCUT2D eigenvalue weighted by Crippen LogP contribution is 2.34. The summed E-state index contributed by atoms with van der Waals surface area (Å²) in [6.45, 7) is 6.39. The molecule has 7 heteroatoms. The molecule has 2 fully saturated rings. The number of fused-ring (bicyclic) bond motifs is 3. The van der Waals surface area contributed by atoms with E-state index in [1.54, 1.807) is 6.20 Å². The molecular formula is C27H30N6O. The molecule has 1 amide bonds. The van der Waals surface area contributed by atoms with E-state index in [0.717, 1.165) is 42.7 Å². The van der Waals surface area contributed by atoms with Crippen molar-refractivity contribution in [3.8, 4) is 6.07 Å². The fraction of sp³-hybridized carbons (Fsp3) is 0.407. The zero-order valence-corrected chi connectivity index (χ0v) is 19.7. The van der Waals surface area contributed by atoms with E-state index in [1.165, 1.54) is 5.56 Å². The van der Waals surface area contributed by atoms with Crippen LogP contribution in [0.3, 0.4) is 0 Å². The molecule has 0 radical (unpaired) electrons. The summed E-state index contributed by atoms with van der Waals surface area (Å²) in [7, 11) is 0. The van der Waals surface area contributed by atoms with Crippen LogP contribution in [0.4, 0.5) is 5.82 Å². The van der Waals surface area contributed by atoms with Gasteiger partial charge in [0.25, 0.3) is 0 Å². The van der Waals surface area contributed by atoms with Gasteiger partial charge in [0.05, 0.1) is 11.1 Å². The molecule has 2 bridgehead atoms. The van der Waals surface area contributed by atoms with Crippen molar-refractivity contribution in [3.05, 3.63) is 66.0 Å². The quantitative estimate of drug-likeness (QED) is 0.613. The SMILES string of the molecule is CC(C)(NCCC(=O)N1CC2CCC(C1)N2c1ccc(C#N)cn1)c1cccc2ncccc12. The maximum absolute atomic E-state index is 13.1. The summed E-state index contributed by atoms with van der Waals surface area (Å²) in [4.78, 5) is 26.4. The number of carbonyl (C=O) groups is 1. The smallest absolute Gasteiger partial charge is 0.223 e. The van der Waals surface area contributed by atoms with Crippen LogP contribution in [0, 0.1) is 11.3 Å². The first-order valence-corrected chi connectivity index (χ1v) is 12.0. The predicted molar refractivity (Wildman–Crippen MR) is 132 cm³/mol. The molecule has 4 heterocycles. The molecule has 2 aliphatic rings. The van der Waals surface area contributed by atoms with Crippen LogP contribution < -0.4 is 10.2 Å². The molecule has 2 aliphatic heterocycles. The van der Waals surface area contributed by atoms with Crippen molar-refractivity contribution in [2.24, 2.45) is 0 Å². The van der Waals surface area contributed by atoms with Crippen LogP contribution in [0.2, 0.25) is 0 Å². The molecule has 1 N–H and O–H groups in total. The second kappa shape index (κ2) is 9.03. The van der Waals surface area contributed by atoms with Crippen LogP contribution in [0.1, 0.15) is 44.2 Å². The minimum Gasteiger partial charge on any atom is -0.347 e. The number of nitriles is 1. The lowest BCUT2D eigenvalue weighted by Gasteiger charge is -2.42. The summed E-state index contributed by atoms with van der Waals surface area (Å²) in [6, 6.07) is 16.7. The molecule has 174 valence electrons. The molecule has 0 aliphatic carbocycles. The van der Waals surface area contributed by atoms with Crippen molar-refractivity contribution < 1.29 is 4.79 Å². The van der Waals surface area contributed by atoms with Gasteiger partial charge in [-0.05, 0) is 56.5 Å². The normalized spacial score (nSPS) is 19.9. The molecule has 2 unspecified atom stereocenters. The number of rotatable bonds is 6. The number of hydrogen-bond acceptors (Lipinski definition) is 6. The fourth-order valence-electron chi connectivity index (χ4n) is 5.47. The highest BCUT2D eigenvalue weighted by atomic mass is 16.2. The van der Waals surface area contributed by atoms with Crippen molar-refractivity contribution in [3.63, 3.8) is 0 Å². The standard InChI is InChI=1S/C27H30N6O/c1-27(2,23-6-3-7-24-22(23)5-4-13-29-24)31-14-12-26(34)32-17-20-9-10-21(18-32)33(20)25-11-8-19(15-28)16-30-25/h3-8,11,13,16,20-21,31H,9-10,12,14,17-18H2,1-2H3. The van der Waals surface area contributed by atoms with Gasteiger partial charge in [0.15, 0.2) is 0 Å². The Morgan fingerprint density at radius 1 is 1.12 bits per heavy atom. The Kier molecular flexibility index (Phi) is 5.93. The second-order valence-corrected chi connectivity index (χ2v) is 9.79. The minimum absolute atomic E-state index is 0.201. The number of pyridine rings is 2. The van der Waals surface area contributed by atoms with Gasteiger partial charge in [-0.15, -0.1) is 0 Å². The van der Waals surface area contributed by atoms with Gasteiger partial charge in [-0.3, -0.25) is 9.78 Å². The first kappa shape index (κ1) is 22.3. The third-order valence-corrected chi connectivity index (χ3v) is 7.20. The Balaban J connectivity index is 1.19. The number of likely N-dealkylation sites (tertiary alicyclic amines) is 1. The number of piperazine rings is 1. The highest BCUT2D eigenvalue weighted by molar-refractivity contribution is 5.83. The molecule has 3 aromatic rings. The van der Waals surface area contributed by atoms with E-state index in [0.29, 0.717) is 18.5 Å². The molecule has 5 rings (SSSR count). The minimum atomic E-state index is -0.276. The Labute approximate surface area is 200 Å². The summed E-state index contributed by atoms with van der Waals surface area (Å²) in [5, 5.41) is 13.8. The number of carbonyl (C=O) groups excluding carboxylic acids is 1. The maximum Gasteiger partial charge on any atom is 0.223 e. The topological polar surface area (TPSA) is 85.2 Å². The molecule has 7 nitrogen and oxygen atoms in total. The van der Waals surface area contributed by atoms with E-state index in [2.05, 4.69) is 52.2 Å². The zero-order chi connectivity index (χ0) is 23.7. The predicted octanol–water partition coefficient (Wildman–Crippen LogP) is 3.60. The number of anilines is 1. The number of hydrogen-bond donors (Lipinski definition) is 1. The Bertz CT molecular complexity index is 1210. The van der Waals surface area contributed by atoms with Crippen LogP contribution in [0.15, 0.2) is 54.9 Å². The second-order valence-electron chi connectivity index (χ2n) is 9.79. The average molecular weight is 455 g/mol. The van der Waals surface area contributed by atoms with E-state index in [-0.39, 0.29) is 23.5 Å². The monoisotopic (exact) mass is 454 g/mol. The molecule has 1 aromatic carbocycles. The molecule has 34 heavy (non-hydrogen) atoms. The lowest BCUT2D eigenvalue weighted by Crippen LogP contribution is -2.56. The van der Waals surface area contributed by atoms with Crippen molar-refractivity contribution in [1.29, 1.82) is 5.26 Å². The molecule has 2 saturated heterocycles. The van der Waals surface area contributed by atoms with Crippen LogP contribution in [0.25, 0.3) is 10.9 Å². The third-order valence-electron chi connectivity index (χ3n) is 7.20. The number of benzene rings is 1. The van der Waals surface area contributed by atoms with Crippen LogP contribution >= 0.6 is 0 Å². The van der Waals surface area contributed by atoms with E-state index in [4.69, 9.17) is 5.26 Å². The summed E-state index contributed by atoms with van der Waals surface area (Å²) in [5.41, 5.74) is 2.46. The lowest BCUT2D eigenvalue weighted by molar-refractivity contribution is -0.132. The molecular weight excluding hydrogens is 424 g/mol. The van der Waals surface area contributed by atoms with Crippen molar-refractivity contribution in [2.75, 3.05) is 24.5 Å². The fourth-order valence-corrected chi connectivity index (χ4v) is 5.47. The number of nitrogens with zero attached hydrogens (tertiary/aromatic N) is 5. The maximum atomic E-state index is 13.1. The van der Waals surface area contributed by atoms with Gasteiger partial charge in [0.1, 0.15) is 11.9 Å². The molecule has 0 saturated carbocycles. The van der Waals surface area contributed by atoms with Crippen molar-refractivity contribution >= 4 is 22.6 Å². The Morgan fingerprint density at radius 3 is 2.62 bits per heavy atom. The average Bonchev–Trinajstić information content (AvgIpc) is 3.12. The number of nitrogens with one attached hydrogen (secondary N) is 1. The van der Waals surface area contributed by atoms with Gasteiger partial charge in [-0.25, -0.2) is 4.98 Å². The van der Waals surface area contributed by atoms with Crippen LogP contribution in [0.5, 0.6) is 0 Å². The van der Waals surface area contributed by atoms with Crippen molar-refractivity contribution in [1.82, 2.24) is 20.2 Å². The third kappa shape index (κ3) is 4.22. The van der Waals surface area contributed by atoms with E-state index >= 15 is 0 Å². The molecule has 0 spiro atoms. The molecule has 2 atom stereocenters. The molecule has 2 aromatic heterocycles. The van der Waals surface area contributed by atoms with Gasteiger partial charge in [-0.2, -0.15) is 5.26 Å². The van der Waals surface area contributed by atoms with Crippen LogP contribution in [-0.2, 0) is 10.3 Å². The Hall–Kier alpha value is -3.50. The van der Waals surface area contributed by atoms with Gasteiger partial charge in [0.2, 0.25) is 5.91 Å². The summed E-state index contributed by atoms with van der Waals surface area (Å²) >= 11 is 0. The first-order valence-electron chi connectivity index (χ1n) is 12.0. The highest BCUT2D eigenvalue weighted by Gasteiger charge is 2.41. The number of amides is 1. The summed E-state index contributed by atoms with van der Waals surface area (Å²) < 4.78 is 0. The van der Waals surface area contributed by atoms with E-state index < -0.39 is 0 Å². The van der Waals surface area contributed by atoms with Gasteiger partial charge < -0.3 is 15.1 Å². The van der Waals surface area contributed by atoms with E-state index in [1.807, 2.05) is 41.4 Å². The van der Waals surface area contributed by atoms with Gasteiger partial charge >= 0.3 is 0 Å².